The Kier molecular flexibility index (Phi) is 5.54. The van der Waals surface area contributed by atoms with E-state index in [-0.39, 0.29) is 0 Å². The molecule has 0 aromatic heterocycles. The van der Waals surface area contributed by atoms with Crippen LogP contribution in [0.25, 0.3) is 0 Å². The van der Waals surface area contributed by atoms with Crippen LogP contribution in [0.4, 0.5) is 10.5 Å². The third-order valence-corrected chi connectivity index (χ3v) is 2.51. The molecule has 18 heavy (non-hydrogen) atoms. The molecule has 0 radical (unpaired) electrons. The minimum absolute atomic E-state index is 0.422. The van der Waals surface area contributed by atoms with Crippen LogP contribution >= 0.6 is 12.6 Å². The van der Waals surface area contributed by atoms with Crippen LogP contribution < -0.4 is 5.32 Å². The first-order valence-corrected chi connectivity index (χ1v) is 6.74. The average Bonchev–Trinajstić information content (AvgIpc) is 2.24. The number of carbonyl (C=O) groups is 1. The number of aryl methyl sites for hydroxylation is 1. The van der Waals surface area contributed by atoms with Crippen molar-refractivity contribution in [1.82, 2.24) is 0 Å². The molecule has 1 amide bonds. The van der Waals surface area contributed by atoms with E-state index in [9.17, 15) is 4.79 Å². The van der Waals surface area contributed by atoms with Crippen LogP contribution in [0, 0.1) is 0 Å². The third-order valence-electron chi connectivity index (χ3n) is 2.20. The van der Waals surface area contributed by atoms with Crippen LogP contribution in [0.3, 0.4) is 0 Å². The molecule has 4 heteroatoms. The first kappa shape index (κ1) is 14.9. The number of anilines is 1. The summed E-state index contributed by atoms with van der Waals surface area (Å²) in [6.07, 6.45) is 1.57. The molecule has 1 aromatic rings. The lowest BCUT2D eigenvalue weighted by atomic mass is 10.1. The third kappa shape index (κ3) is 5.96. The minimum atomic E-state index is -0.478. The molecule has 0 atom stereocenters. The van der Waals surface area contributed by atoms with Crippen LogP contribution in [0.1, 0.15) is 32.8 Å². The number of ether oxygens (including phenoxy) is 1. The van der Waals surface area contributed by atoms with Gasteiger partial charge in [0.2, 0.25) is 0 Å². The standard InChI is InChI=1S/C14H21NO2S/c1-14(2,3)17-13(16)15-12-8-4-6-11(10-12)7-5-9-18/h4,6,8,10,18H,5,7,9H2,1-3H3,(H,15,16). The fourth-order valence-electron chi connectivity index (χ4n) is 1.51. The summed E-state index contributed by atoms with van der Waals surface area (Å²) in [5.41, 5.74) is 1.48. The Hall–Kier alpha value is -1.16. The molecule has 3 nitrogen and oxygen atoms in total. The largest absolute Gasteiger partial charge is 0.444 e. The lowest BCUT2D eigenvalue weighted by Gasteiger charge is -2.19. The van der Waals surface area contributed by atoms with Gasteiger partial charge in [0.15, 0.2) is 0 Å². The van der Waals surface area contributed by atoms with Crippen molar-refractivity contribution in [3.05, 3.63) is 29.8 Å². The zero-order valence-corrected chi connectivity index (χ0v) is 12.1. The van der Waals surface area contributed by atoms with Crippen molar-refractivity contribution in [2.45, 2.75) is 39.2 Å². The minimum Gasteiger partial charge on any atom is -0.444 e. The highest BCUT2D eigenvalue weighted by Gasteiger charge is 2.16. The van der Waals surface area contributed by atoms with E-state index in [0.717, 1.165) is 24.3 Å². The zero-order valence-electron chi connectivity index (χ0n) is 11.2. The molecule has 0 fully saturated rings. The van der Waals surface area contributed by atoms with Gasteiger partial charge in [-0.05, 0) is 57.1 Å². The molecule has 1 N–H and O–H groups in total. The molecule has 0 spiro atoms. The summed E-state index contributed by atoms with van der Waals surface area (Å²) < 4.78 is 5.20. The lowest BCUT2D eigenvalue weighted by molar-refractivity contribution is 0.0636. The first-order valence-electron chi connectivity index (χ1n) is 6.10. The maximum absolute atomic E-state index is 11.6. The molecule has 0 aliphatic rings. The van der Waals surface area contributed by atoms with Gasteiger partial charge in [0.1, 0.15) is 5.60 Å². The molecular formula is C14H21NO2S. The SMILES string of the molecule is CC(C)(C)OC(=O)Nc1cccc(CCCS)c1. The van der Waals surface area contributed by atoms with Gasteiger partial charge in [-0.3, -0.25) is 5.32 Å². The maximum Gasteiger partial charge on any atom is 0.412 e. The Morgan fingerprint density at radius 3 is 2.72 bits per heavy atom. The molecule has 0 saturated carbocycles. The van der Waals surface area contributed by atoms with Crippen LogP contribution in [-0.2, 0) is 11.2 Å². The van der Waals surface area contributed by atoms with Crippen LogP contribution in [0.2, 0.25) is 0 Å². The second-order valence-corrected chi connectivity index (χ2v) is 5.60. The normalized spacial score (nSPS) is 11.1. The lowest BCUT2D eigenvalue weighted by Crippen LogP contribution is -2.27. The van der Waals surface area contributed by atoms with Crippen molar-refractivity contribution in [3.8, 4) is 0 Å². The van der Waals surface area contributed by atoms with E-state index in [2.05, 4.69) is 17.9 Å². The van der Waals surface area contributed by atoms with E-state index in [4.69, 9.17) is 4.74 Å². The van der Waals surface area contributed by atoms with Crippen molar-refractivity contribution in [1.29, 1.82) is 0 Å². The fourth-order valence-corrected chi connectivity index (χ4v) is 1.67. The van der Waals surface area contributed by atoms with E-state index in [1.54, 1.807) is 0 Å². The highest BCUT2D eigenvalue weighted by atomic mass is 32.1. The van der Waals surface area contributed by atoms with Crippen molar-refractivity contribution in [3.63, 3.8) is 0 Å². The summed E-state index contributed by atoms with van der Waals surface area (Å²) in [6, 6.07) is 7.80. The van der Waals surface area contributed by atoms with Gasteiger partial charge in [0, 0.05) is 5.69 Å². The van der Waals surface area contributed by atoms with Gasteiger partial charge < -0.3 is 4.74 Å². The van der Waals surface area contributed by atoms with Crippen molar-refractivity contribution in [2.24, 2.45) is 0 Å². The maximum atomic E-state index is 11.6. The van der Waals surface area contributed by atoms with Gasteiger partial charge in [-0.1, -0.05) is 12.1 Å². The topological polar surface area (TPSA) is 38.3 Å². The molecular weight excluding hydrogens is 246 g/mol. The highest BCUT2D eigenvalue weighted by Crippen LogP contribution is 2.14. The molecule has 0 aliphatic carbocycles. The molecule has 0 aliphatic heterocycles. The van der Waals surface area contributed by atoms with Gasteiger partial charge in [-0.15, -0.1) is 0 Å². The van der Waals surface area contributed by atoms with E-state index >= 15 is 0 Å². The van der Waals surface area contributed by atoms with Gasteiger partial charge in [0.25, 0.3) is 0 Å². The number of nitrogens with one attached hydrogen (secondary N) is 1. The molecule has 1 aromatic carbocycles. The van der Waals surface area contributed by atoms with E-state index < -0.39 is 11.7 Å². The van der Waals surface area contributed by atoms with Crippen molar-refractivity contribution < 1.29 is 9.53 Å². The Morgan fingerprint density at radius 1 is 1.39 bits per heavy atom. The van der Waals surface area contributed by atoms with Gasteiger partial charge in [-0.25, -0.2) is 4.79 Å². The number of amides is 1. The molecule has 1 rings (SSSR count). The molecule has 0 bridgehead atoms. The van der Waals surface area contributed by atoms with Crippen LogP contribution in [-0.4, -0.2) is 17.4 Å². The number of thiol groups is 1. The Bertz CT molecular complexity index is 399. The number of benzene rings is 1. The number of rotatable bonds is 4. The van der Waals surface area contributed by atoms with Crippen LogP contribution in [0.15, 0.2) is 24.3 Å². The predicted molar refractivity (Wildman–Crippen MR) is 78.5 cm³/mol. The second kappa shape index (κ2) is 6.69. The van der Waals surface area contributed by atoms with Gasteiger partial charge >= 0.3 is 6.09 Å². The fraction of sp³-hybridized carbons (Fsp3) is 0.500. The van der Waals surface area contributed by atoms with E-state index in [1.165, 1.54) is 5.56 Å². The number of hydrogen-bond acceptors (Lipinski definition) is 3. The molecule has 0 heterocycles. The van der Waals surface area contributed by atoms with E-state index in [1.807, 2.05) is 45.0 Å². The Labute approximate surface area is 114 Å². The summed E-state index contributed by atoms with van der Waals surface area (Å²) in [5.74, 6) is 0.865. The van der Waals surface area contributed by atoms with Crippen molar-refractivity contribution >= 4 is 24.4 Å². The zero-order chi connectivity index (χ0) is 13.6. The predicted octanol–water partition coefficient (Wildman–Crippen LogP) is 3.90. The summed E-state index contributed by atoms with van der Waals surface area (Å²) in [4.78, 5) is 11.6. The van der Waals surface area contributed by atoms with Crippen molar-refractivity contribution in [2.75, 3.05) is 11.1 Å². The monoisotopic (exact) mass is 267 g/mol. The summed E-state index contributed by atoms with van der Waals surface area (Å²) in [6.45, 7) is 5.53. The van der Waals surface area contributed by atoms with E-state index in [0.29, 0.717) is 0 Å². The summed E-state index contributed by atoms with van der Waals surface area (Å²) in [5, 5.41) is 2.74. The highest BCUT2D eigenvalue weighted by molar-refractivity contribution is 7.80. The quantitative estimate of drug-likeness (QED) is 0.812. The molecule has 100 valence electrons. The smallest absolute Gasteiger partial charge is 0.412 e. The van der Waals surface area contributed by atoms with Crippen LogP contribution in [0.5, 0.6) is 0 Å². The summed E-state index contributed by atoms with van der Waals surface area (Å²) in [7, 11) is 0. The van der Waals surface area contributed by atoms with Gasteiger partial charge in [0.05, 0.1) is 0 Å². The molecule has 0 saturated heterocycles. The first-order chi connectivity index (χ1) is 8.40. The summed E-state index contributed by atoms with van der Waals surface area (Å²) >= 11 is 4.19. The number of hydrogen-bond donors (Lipinski definition) is 2. The second-order valence-electron chi connectivity index (χ2n) is 5.15. The average molecular weight is 267 g/mol. The van der Waals surface area contributed by atoms with Gasteiger partial charge in [-0.2, -0.15) is 12.6 Å². The Morgan fingerprint density at radius 2 is 2.11 bits per heavy atom. The number of carbonyl (C=O) groups excluding carboxylic acids is 1. The molecule has 0 unspecified atom stereocenters. The Balaban J connectivity index is 2.59.